The topological polar surface area (TPSA) is 44.5 Å². The molecule has 1 atom stereocenters. The molecule has 3 rings (SSSR count). The molecule has 0 heterocycles. The highest BCUT2D eigenvalue weighted by molar-refractivity contribution is 5.67. The van der Waals surface area contributed by atoms with Crippen LogP contribution >= 0.6 is 0 Å². The summed E-state index contributed by atoms with van der Waals surface area (Å²) in [7, 11) is 1.61. The van der Waals surface area contributed by atoms with Gasteiger partial charge in [-0.25, -0.2) is 4.39 Å². The van der Waals surface area contributed by atoms with Gasteiger partial charge in [0.2, 0.25) is 0 Å². The molecule has 0 aromatic heterocycles. The van der Waals surface area contributed by atoms with E-state index in [2.05, 4.69) is 0 Å². The summed E-state index contributed by atoms with van der Waals surface area (Å²) >= 11 is 0. The third-order valence-corrected chi connectivity index (χ3v) is 4.25. The van der Waals surface area contributed by atoms with Gasteiger partial charge in [-0.15, -0.1) is 0 Å². The highest BCUT2D eigenvalue weighted by Gasteiger charge is 2.14. The predicted octanol–water partition coefficient (Wildman–Crippen LogP) is 5.10. The van der Waals surface area contributed by atoms with Crippen LogP contribution in [-0.4, -0.2) is 7.11 Å². The van der Waals surface area contributed by atoms with Gasteiger partial charge in [-0.05, 0) is 36.8 Å². The number of ether oxygens (including phenoxy) is 2. The molecule has 0 radical (unpaired) electrons. The standard InChI is InChI=1S/C22H22FNO2/c1-15(24)19-9-6-10-20(22(19)23)16-11-12-21(25-2)17(13-16)14-26-18-7-4-3-5-8-18/h3-13,15H,14,24H2,1-2H3. The SMILES string of the molecule is COc1ccc(-c2cccc(C(C)N)c2F)cc1COc1ccccc1. The molecule has 4 heteroatoms. The Morgan fingerprint density at radius 1 is 1.00 bits per heavy atom. The average molecular weight is 351 g/mol. The maximum atomic E-state index is 14.8. The summed E-state index contributed by atoms with van der Waals surface area (Å²) in [5.41, 5.74) is 8.49. The van der Waals surface area contributed by atoms with Crippen LogP contribution in [0.1, 0.15) is 24.1 Å². The van der Waals surface area contributed by atoms with Gasteiger partial charge in [0.25, 0.3) is 0 Å². The first kappa shape index (κ1) is 18.0. The molecule has 0 saturated heterocycles. The Labute approximate surface area is 153 Å². The van der Waals surface area contributed by atoms with Gasteiger partial charge in [-0.2, -0.15) is 0 Å². The lowest BCUT2D eigenvalue weighted by molar-refractivity contribution is 0.297. The van der Waals surface area contributed by atoms with Crippen molar-refractivity contribution < 1.29 is 13.9 Å². The largest absolute Gasteiger partial charge is 0.496 e. The number of methoxy groups -OCH3 is 1. The van der Waals surface area contributed by atoms with E-state index in [1.54, 1.807) is 26.2 Å². The number of hydrogen-bond acceptors (Lipinski definition) is 3. The molecule has 134 valence electrons. The van der Waals surface area contributed by atoms with Crippen molar-refractivity contribution >= 4 is 0 Å². The minimum absolute atomic E-state index is 0.289. The van der Waals surface area contributed by atoms with Crippen molar-refractivity contribution in [1.82, 2.24) is 0 Å². The fourth-order valence-corrected chi connectivity index (χ4v) is 2.86. The van der Waals surface area contributed by atoms with E-state index < -0.39 is 0 Å². The van der Waals surface area contributed by atoms with Crippen molar-refractivity contribution in [2.24, 2.45) is 5.73 Å². The van der Waals surface area contributed by atoms with E-state index in [0.717, 1.165) is 16.9 Å². The summed E-state index contributed by atoms with van der Waals surface area (Å²) in [5, 5.41) is 0. The molecule has 0 amide bonds. The highest BCUT2D eigenvalue weighted by atomic mass is 19.1. The van der Waals surface area contributed by atoms with Crippen LogP contribution in [0.3, 0.4) is 0 Å². The Morgan fingerprint density at radius 3 is 2.46 bits per heavy atom. The maximum absolute atomic E-state index is 14.8. The number of benzene rings is 3. The van der Waals surface area contributed by atoms with Crippen molar-refractivity contribution in [1.29, 1.82) is 0 Å². The molecule has 0 aliphatic rings. The Morgan fingerprint density at radius 2 is 1.77 bits per heavy atom. The van der Waals surface area contributed by atoms with Crippen LogP contribution in [0.2, 0.25) is 0 Å². The van der Waals surface area contributed by atoms with Gasteiger partial charge in [0, 0.05) is 22.7 Å². The first-order valence-electron chi connectivity index (χ1n) is 8.49. The van der Waals surface area contributed by atoms with Crippen molar-refractivity contribution in [3.8, 4) is 22.6 Å². The fraction of sp³-hybridized carbons (Fsp3) is 0.182. The van der Waals surface area contributed by atoms with Crippen LogP contribution in [0.25, 0.3) is 11.1 Å². The third-order valence-electron chi connectivity index (χ3n) is 4.25. The predicted molar refractivity (Wildman–Crippen MR) is 102 cm³/mol. The Hall–Kier alpha value is -2.85. The first-order valence-corrected chi connectivity index (χ1v) is 8.49. The maximum Gasteiger partial charge on any atom is 0.135 e. The number of halogens is 1. The number of nitrogens with two attached hydrogens (primary N) is 1. The smallest absolute Gasteiger partial charge is 0.135 e. The molecule has 3 nitrogen and oxygen atoms in total. The zero-order valence-electron chi connectivity index (χ0n) is 14.9. The molecule has 0 fully saturated rings. The molecule has 0 aliphatic carbocycles. The summed E-state index contributed by atoms with van der Waals surface area (Å²) in [4.78, 5) is 0. The fourth-order valence-electron chi connectivity index (χ4n) is 2.86. The molecule has 1 unspecified atom stereocenters. The van der Waals surface area contributed by atoms with Gasteiger partial charge >= 0.3 is 0 Å². The summed E-state index contributed by atoms with van der Waals surface area (Å²) in [6, 6.07) is 20.0. The van der Waals surface area contributed by atoms with Crippen LogP contribution in [0.5, 0.6) is 11.5 Å². The van der Waals surface area contributed by atoms with Crippen LogP contribution in [-0.2, 0) is 6.61 Å². The van der Waals surface area contributed by atoms with E-state index in [1.165, 1.54) is 0 Å². The lowest BCUT2D eigenvalue weighted by atomic mass is 9.97. The Balaban J connectivity index is 1.94. The second kappa shape index (κ2) is 8.02. The highest BCUT2D eigenvalue weighted by Crippen LogP contribution is 2.31. The molecule has 3 aromatic rings. The average Bonchev–Trinajstić information content (AvgIpc) is 2.67. The molecule has 0 aliphatic heterocycles. The van der Waals surface area contributed by atoms with Gasteiger partial charge in [-0.1, -0.05) is 42.5 Å². The van der Waals surface area contributed by atoms with Crippen LogP contribution in [0.15, 0.2) is 66.7 Å². The monoisotopic (exact) mass is 351 g/mol. The van der Waals surface area contributed by atoms with E-state index in [0.29, 0.717) is 23.5 Å². The summed E-state index contributed by atoms with van der Waals surface area (Å²) in [6.07, 6.45) is 0. The molecular formula is C22H22FNO2. The van der Waals surface area contributed by atoms with Gasteiger partial charge in [0.05, 0.1) is 7.11 Å². The lowest BCUT2D eigenvalue weighted by Gasteiger charge is -2.14. The van der Waals surface area contributed by atoms with Gasteiger partial charge in [0.1, 0.15) is 23.9 Å². The van der Waals surface area contributed by atoms with Crippen molar-refractivity contribution in [3.63, 3.8) is 0 Å². The number of hydrogen-bond donors (Lipinski definition) is 1. The van der Waals surface area contributed by atoms with Crippen molar-refractivity contribution in [2.75, 3.05) is 7.11 Å². The van der Waals surface area contributed by atoms with Crippen LogP contribution in [0.4, 0.5) is 4.39 Å². The number of rotatable bonds is 6. The normalized spacial score (nSPS) is 11.8. The van der Waals surface area contributed by atoms with Crippen LogP contribution < -0.4 is 15.2 Å². The number of para-hydroxylation sites is 1. The lowest BCUT2D eigenvalue weighted by Crippen LogP contribution is -2.08. The summed E-state index contributed by atoms with van der Waals surface area (Å²) in [5.74, 6) is 1.18. The zero-order valence-corrected chi connectivity index (χ0v) is 14.9. The first-order chi connectivity index (χ1) is 12.6. The second-order valence-electron chi connectivity index (χ2n) is 6.13. The van der Waals surface area contributed by atoms with E-state index in [-0.39, 0.29) is 11.9 Å². The molecule has 3 aromatic carbocycles. The molecule has 26 heavy (non-hydrogen) atoms. The Kier molecular flexibility index (Phi) is 5.54. The third kappa shape index (κ3) is 3.86. The van der Waals surface area contributed by atoms with E-state index in [4.69, 9.17) is 15.2 Å². The van der Waals surface area contributed by atoms with Crippen molar-refractivity contribution in [3.05, 3.63) is 83.7 Å². The van der Waals surface area contributed by atoms with E-state index in [1.807, 2.05) is 54.6 Å². The molecular weight excluding hydrogens is 329 g/mol. The molecule has 0 saturated carbocycles. The molecule has 0 bridgehead atoms. The molecule has 2 N–H and O–H groups in total. The second-order valence-corrected chi connectivity index (χ2v) is 6.13. The van der Waals surface area contributed by atoms with E-state index >= 15 is 0 Å². The van der Waals surface area contributed by atoms with Gasteiger partial charge in [-0.3, -0.25) is 0 Å². The minimum atomic E-state index is -0.367. The minimum Gasteiger partial charge on any atom is -0.496 e. The van der Waals surface area contributed by atoms with E-state index in [9.17, 15) is 4.39 Å². The zero-order chi connectivity index (χ0) is 18.5. The summed E-state index contributed by atoms with van der Waals surface area (Å²) in [6.45, 7) is 2.10. The van der Waals surface area contributed by atoms with Crippen molar-refractivity contribution in [2.45, 2.75) is 19.6 Å². The van der Waals surface area contributed by atoms with Gasteiger partial charge < -0.3 is 15.2 Å². The summed E-state index contributed by atoms with van der Waals surface area (Å²) < 4.78 is 26.1. The van der Waals surface area contributed by atoms with Gasteiger partial charge in [0.15, 0.2) is 0 Å². The van der Waals surface area contributed by atoms with Crippen LogP contribution in [0, 0.1) is 5.82 Å². The quantitative estimate of drug-likeness (QED) is 0.672. The Bertz CT molecular complexity index is 879. The molecule has 0 spiro atoms.